The number of unbranched alkanes of at least 4 members (excludes halogenated alkanes) is 7. The zero-order chi connectivity index (χ0) is 22.4. The number of hydrogen-bond donors (Lipinski definition) is 0. The van der Waals surface area contributed by atoms with Gasteiger partial charge >= 0.3 is 0 Å². The molecule has 1 aromatic heterocycles. The minimum Gasteiger partial charge on any atom is -0.492 e. The zero-order valence-electron chi connectivity index (χ0n) is 19.7. The number of nitriles is 1. The summed E-state index contributed by atoms with van der Waals surface area (Å²) in [6.45, 7) is 2.95. The molecule has 3 rings (SSSR count). The van der Waals surface area contributed by atoms with Crippen LogP contribution in [0.1, 0.15) is 95.1 Å². The van der Waals surface area contributed by atoms with Gasteiger partial charge in [0.1, 0.15) is 11.8 Å². The molecule has 1 aromatic carbocycles. The number of rotatable bonds is 13. The Morgan fingerprint density at radius 1 is 0.969 bits per heavy atom. The molecule has 1 radical (unpaired) electrons. The summed E-state index contributed by atoms with van der Waals surface area (Å²) in [4.78, 5) is 9.11. The number of aromatic nitrogens is 2. The van der Waals surface area contributed by atoms with Gasteiger partial charge in [0.05, 0.1) is 12.2 Å². The summed E-state index contributed by atoms with van der Waals surface area (Å²) in [6, 6.07) is 7.96. The van der Waals surface area contributed by atoms with E-state index in [1.807, 2.05) is 30.6 Å². The molecule has 0 amide bonds. The monoisotopic (exact) mass is 432 g/mol. The Balaban J connectivity index is 1.46. The van der Waals surface area contributed by atoms with Crippen LogP contribution in [0.25, 0.3) is 11.4 Å². The molecule has 0 N–H and O–H groups in total. The maximum Gasteiger partial charge on any atom is 0.159 e. The van der Waals surface area contributed by atoms with Gasteiger partial charge in [-0.05, 0) is 74.6 Å². The molecule has 1 fully saturated rings. The smallest absolute Gasteiger partial charge is 0.159 e. The van der Waals surface area contributed by atoms with Gasteiger partial charge in [-0.15, -0.1) is 0 Å². The van der Waals surface area contributed by atoms with Gasteiger partial charge in [0, 0.05) is 18.0 Å². The summed E-state index contributed by atoms with van der Waals surface area (Å²) in [6.07, 6.45) is 22.5. The van der Waals surface area contributed by atoms with Crippen LogP contribution >= 0.6 is 0 Å². The highest BCUT2D eigenvalue weighted by molar-refractivity contribution is 5.61. The highest BCUT2D eigenvalue weighted by atomic mass is 16.5. The van der Waals surface area contributed by atoms with Gasteiger partial charge in [-0.2, -0.15) is 5.26 Å². The predicted molar refractivity (Wildman–Crippen MR) is 130 cm³/mol. The van der Waals surface area contributed by atoms with E-state index in [1.54, 1.807) is 0 Å². The minimum absolute atomic E-state index is 0.552. The van der Waals surface area contributed by atoms with Crippen LogP contribution in [-0.4, -0.2) is 16.6 Å². The topological polar surface area (TPSA) is 58.8 Å². The summed E-state index contributed by atoms with van der Waals surface area (Å²) >= 11 is 0. The molecule has 1 aliphatic carbocycles. The molecule has 32 heavy (non-hydrogen) atoms. The van der Waals surface area contributed by atoms with Crippen molar-refractivity contribution in [2.45, 2.75) is 90.4 Å². The van der Waals surface area contributed by atoms with Gasteiger partial charge in [0.25, 0.3) is 0 Å². The molecule has 0 spiro atoms. The molecule has 1 heterocycles. The van der Waals surface area contributed by atoms with Gasteiger partial charge in [-0.1, -0.05) is 51.9 Å². The largest absolute Gasteiger partial charge is 0.492 e. The van der Waals surface area contributed by atoms with Crippen LogP contribution < -0.4 is 4.74 Å². The van der Waals surface area contributed by atoms with Gasteiger partial charge in [-0.25, -0.2) is 9.97 Å². The molecule has 4 nitrogen and oxygen atoms in total. The van der Waals surface area contributed by atoms with Crippen LogP contribution in [0.5, 0.6) is 5.75 Å². The first-order chi connectivity index (χ1) is 15.8. The second-order valence-electron chi connectivity index (χ2n) is 9.08. The second kappa shape index (κ2) is 13.9. The summed E-state index contributed by atoms with van der Waals surface area (Å²) in [5.74, 6) is 1.91. The molecule has 0 atom stereocenters. The third kappa shape index (κ3) is 7.93. The van der Waals surface area contributed by atoms with Crippen LogP contribution in [0.4, 0.5) is 0 Å². The van der Waals surface area contributed by atoms with Crippen molar-refractivity contribution in [3.05, 3.63) is 48.1 Å². The predicted octanol–water partition coefficient (Wildman–Crippen LogP) is 7.47. The Kier molecular flexibility index (Phi) is 10.5. The number of benzene rings is 1. The van der Waals surface area contributed by atoms with Gasteiger partial charge in [-0.3, -0.25) is 0 Å². The maximum absolute atomic E-state index is 9.60. The first-order valence-electron chi connectivity index (χ1n) is 12.6. The lowest BCUT2D eigenvalue weighted by Gasteiger charge is -2.21. The van der Waals surface area contributed by atoms with Crippen molar-refractivity contribution in [1.29, 1.82) is 5.26 Å². The van der Waals surface area contributed by atoms with Crippen LogP contribution in [0.2, 0.25) is 0 Å². The van der Waals surface area contributed by atoms with E-state index < -0.39 is 0 Å². The number of ether oxygens (including phenoxy) is 1. The van der Waals surface area contributed by atoms with Crippen LogP contribution in [0.15, 0.2) is 30.6 Å². The Morgan fingerprint density at radius 2 is 1.66 bits per heavy atom. The highest BCUT2D eigenvalue weighted by Crippen LogP contribution is 2.27. The molecule has 0 aliphatic heterocycles. The van der Waals surface area contributed by atoms with Crippen molar-refractivity contribution in [2.24, 2.45) is 5.92 Å². The van der Waals surface area contributed by atoms with E-state index in [2.05, 4.69) is 29.4 Å². The van der Waals surface area contributed by atoms with Gasteiger partial charge in [0.15, 0.2) is 5.82 Å². The second-order valence-corrected chi connectivity index (χ2v) is 9.08. The quantitative estimate of drug-likeness (QED) is 0.308. The summed E-state index contributed by atoms with van der Waals surface area (Å²) in [5, 5.41) is 9.60. The van der Waals surface area contributed by atoms with Crippen LogP contribution in [0, 0.1) is 23.7 Å². The summed E-state index contributed by atoms with van der Waals surface area (Å²) in [5.41, 5.74) is 2.60. The highest BCUT2D eigenvalue weighted by Gasteiger charge is 2.15. The Morgan fingerprint density at radius 3 is 2.34 bits per heavy atom. The molecule has 0 bridgehead atoms. The minimum atomic E-state index is 0.552. The van der Waals surface area contributed by atoms with Crippen molar-refractivity contribution in [3.8, 4) is 23.2 Å². The standard InChI is InChI=1S/C28H38N3O/c1-2-3-4-5-6-7-8-10-15-24-20-30-28(31-21-24)25-16-17-27(26(18-25)19-29)32-22-23-13-11-9-12-14-23/h9,16-18,20-21,23H,2-8,10-15,22H2,1H3. The Labute approximate surface area is 194 Å². The zero-order valence-corrected chi connectivity index (χ0v) is 19.7. The first-order valence-corrected chi connectivity index (χ1v) is 12.6. The maximum atomic E-state index is 9.60. The number of hydrogen-bond acceptors (Lipinski definition) is 4. The van der Waals surface area contributed by atoms with E-state index in [4.69, 9.17) is 4.74 Å². The molecular formula is C28H38N3O. The van der Waals surface area contributed by atoms with E-state index in [0.29, 0.717) is 29.7 Å². The lowest BCUT2D eigenvalue weighted by atomic mass is 9.90. The molecule has 1 saturated carbocycles. The van der Waals surface area contributed by atoms with Crippen molar-refractivity contribution in [2.75, 3.05) is 6.61 Å². The fraction of sp³-hybridized carbons (Fsp3) is 0.571. The molecular weight excluding hydrogens is 394 g/mol. The number of nitrogens with zero attached hydrogens (tertiary/aromatic N) is 3. The van der Waals surface area contributed by atoms with E-state index in [-0.39, 0.29) is 0 Å². The van der Waals surface area contributed by atoms with Gasteiger partial charge in [0.2, 0.25) is 0 Å². The van der Waals surface area contributed by atoms with Crippen molar-refractivity contribution >= 4 is 0 Å². The lowest BCUT2D eigenvalue weighted by Crippen LogP contribution is -2.15. The van der Waals surface area contributed by atoms with Crippen LogP contribution in [0.3, 0.4) is 0 Å². The summed E-state index contributed by atoms with van der Waals surface area (Å²) in [7, 11) is 0. The third-order valence-corrected chi connectivity index (χ3v) is 6.42. The Bertz CT molecular complexity index is 835. The normalized spacial score (nSPS) is 14.2. The molecule has 2 aromatic rings. The molecule has 1 aliphatic rings. The van der Waals surface area contributed by atoms with Crippen LogP contribution in [-0.2, 0) is 6.42 Å². The third-order valence-electron chi connectivity index (χ3n) is 6.42. The molecule has 4 heteroatoms. The average molecular weight is 433 g/mol. The number of aryl methyl sites for hydroxylation is 1. The SMILES string of the molecule is CCCCCCCCCCc1cnc(-c2ccc(OCC3CC[CH]CC3)c(C#N)c2)nc1. The first kappa shape index (κ1) is 24.2. The fourth-order valence-corrected chi connectivity index (χ4v) is 4.35. The average Bonchev–Trinajstić information content (AvgIpc) is 2.85. The van der Waals surface area contributed by atoms with E-state index >= 15 is 0 Å². The fourth-order valence-electron chi connectivity index (χ4n) is 4.35. The molecule has 0 saturated heterocycles. The van der Waals surface area contributed by atoms with E-state index in [9.17, 15) is 5.26 Å². The van der Waals surface area contributed by atoms with Crippen molar-refractivity contribution in [1.82, 2.24) is 9.97 Å². The van der Waals surface area contributed by atoms with E-state index in [1.165, 1.54) is 82.6 Å². The summed E-state index contributed by atoms with van der Waals surface area (Å²) < 4.78 is 5.99. The molecule has 171 valence electrons. The Hall–Kier alpha value is -2.41. The molecule has 0 unspecified atom stereocenters. The van der Waals surface area contributed by atoms with E-state index in [0.717, 1.165) is 12.0 Å². The van der Waals surface area contributed by atoms with Crippen molar-refractivity contribution in [3.63, 3.8) is 0 Å². The van der Waals surface area contributed by atoms with Crippen molar-refractivity contribution < 1.29 is 4.74 Å². The lowest BCUT2D eigenvalue weighted by molar-refractivity contribution is 0.220. The van der Waals surface area contributed by atoms with Gasteiger partial charge < -0.3 is 4.74 Å².